The fraction of sp³-hybridized carbons (Fsp3) is 0.231. The predicted octanol–water partition coefficient (Wildman–Crippen LogP) is 0.160. The first kappa shape index (κ1) is 19.7. The number of carboxylic acid groups (broad SMARTS) is 3. The van der Waals surface area contributed by atoms with Gasteiger partial charge in [0.15, 0.2) is 0 Å². The van der Waals surface area contributed by atoms with Crippen LogP contribution in [0.25, 0.3) is 0 Å². The number of carbonyl (C=O) groups excluding carboxylic acids is 1. The molecule has 0 heterocycles. The van der Waals surface area contributed by atoms with E-state index in [0.29, 0.717) is 0 Å². The van der Waals surface area contributed by atoms with Crippen molar-refractivity contribution in [1.29, 1.82) is 0 Å². The Balaban J connectivity index is 2.99. The molecule has 0 saturated heterocycles. The van der Waals surface area contributed by atoms with Crippen molar-refractivity contribution in [2.75, 3.05) is 5.23 Å². The molecule has 136 valence electrons. The highest BCUT2D eigenvalue weighted by molar-refractivity contribution is 5.86. The zero-order valence-electron chi connectivity index (χ0n) is 12.4. The van der Waals surface area contributed by atoms with Gasteiger partial charge in [-0.1, -0.05) is 18.2 Å². The van der Waals surface area contributed by atoms with Gasteiger partial charge < -0.3 is 35.8 Å². The second-order valence-corrected chi connectivity index (χ2v) is 4.59. The second-order valence-electron chi connectivity index (χ2n) is 4.59. The van der Waals surface area contributed by atoms with E-state index in [1.165, 1.54) is 12.1 Å². The molecule has 5 N–H and O–H groups in total. The standard InChI is InChI=1S/C13H13N2O10/c16-9(17)5-7(11(18)19)14-13(22)25-10(12(20)21)6-3-1-2-4-8(6)15(23)24/h1-4,7,10,23H,5H2,(H,14,22)(H,16,17)(H,18,19)(H,20,21)/q-1/t7-,10?/m0/s1. The van der Waals surface area contributed by atoms with Crippen molar-refractivity contribution < 1.29 is 44.4 Å². The minimum atomic E-state index is -2.06. The van der Waals surface area contributed by atoms with E-state index in [4.69, 9.17) is 20.5 Å². The summed E-state index contributed by atoms with van der Waals surface area (Å²) in [7, 11) is 0. The first-order valence-corrected chi connectivity index (χ1v) is 6.53. The van der Waals surface area contributed by atoms with Crippen molar-refractivity contribution >= 4 is 29.7 Å². The maximum atomic E-state index is 11.7. The van der Waals surface area contributed by atoms with Crippen LogP contribution in [0.1, 0.15) is 18.1 Å². The van der Waals surface area contributed by atoms with E-state index in [1.54, 1.807) is 5.32 Å². The summed E-state index contributed by atoms with van der Waals surface area (Å²) in [5.74, 6) is -4.91. The lowest BCUT2D eigenvalue weighted by atomic mass is 10.1. The van der Waals surface area contributed by atoms with E-state index in [-0.39, 0.29) is 5.56 Å². The number of ether oxygens (including phenoxy) is 1. The smallest absolute Gasteiger partial charge is 0.409 e. The number of para-hydroxylation sites is 1. The van der Waals surface area contributed by atoms with Gasteiger partial charge in [0.1, 0.15) is 6.04 Å². The van der Waals surface area contributed by atoms with Crippen LogP contribution in [0.4, 0.5) is 10.5 Å². The van der Waals surface area contributed by atoms with E-state index in [1.807, 2.05) is 0 Å². The number of nitrogens with one attached hydrogen (secondary N) is 1. The molecule has 0 aliphatic carbocycles. The third kappa shape index (κ3) is 5.63. The highest BCUT2D eigenvalue weighted by Gasteiger charge is 2.30. The van der Waals surface area contributed by atoms with Crippen molar-refractivity contribution in [3.8, 4) is 0 Å². The topological polar surface area (TPSA) is 197 Å². The summed E-state index contributed by atoms with van der Waals surface area (Å²) >= 11 is 0. The normalized spacial score (nSPS) is 12.6. The average Bonchev–Trinajstić information content (AvgIpc) is 2.51. The van der Waals surface area contributed by atoms with Crippen LogP contribution < -0.4 is 10.5 Å². The monoisotopic (exact) mass is 357 g/mol. The molecule has 1 rings (SSSR count). The van der Waals surface area contributed by atoms with E-state index in [9.17, 15) is 24.4 Å². The number of anilines is 1. The lowest BCUT2D eigenvalue weighted by Crippen LogP contribution is -2.43. The number of carboxylic acids is 3. The van der Waals surface area contributed by atoms with Crippen molar-refractivity contribution in [2.45, 2.75) is 18.6 Å². The molecule has 12 nitrogen and oxygen atoms in total. The molecule has 1 aromatic rings. The van der Waals surface area contributed by atoms with E-state index in [2.05, 4.69) is 4.74 Å². The molecule has 0 radical (unpaired) electrons. The summed E-state index contributed by atoms with van der Waals surface area (Å²) in [4.78, 5) is 44.4. The Morgan fingerprint density at radius 3 is 2.20 bits per heavy atom. The van der Waals surface area contributed by atoms with E-state index < -0.39 is 53.5 Å². The van der Waals surface area contributed by atoms with Gasteiger partial charge in [-0.05, 0) is 6.07 Å². The second kappa shape index (κ2) is 8.47. The number of nitrogens with zero attached hydrogens (tertiary/aromatic N) is 1. The Morgan fingerprint density at radius 1 is 1.12 bits per heavy atom. The van der Waals surface area contributed by atoms with Gasteiger partial charge >= 0.3 is 24.0 Å². The zero-order valence-corrected chi connectivity index (χ0v) is 12.4. The third-order valence-electron chi connectivity index (χ3n) is 2.84. The van der Waals surface area contributed by atoms with Gasteiger partial charge in [-0.3, -0.25) is 10.0 Å². The number of benzene rings is 1. The van der Waals surface area contributed by atoms with Gasteiger partial charge in [0, 0.05) is 5.56 Å². The van der Waals surface area contributed by atoms with Crippen LogP contribution >= 0.6 is 0 Å². The Hall–Kier alpha value is -3.38. The summed E-state index contributed by atoms with van der Waals surface area (Å²) in [6, 6.07) is 2.91. The largest absolute Gasteiger partial charge is 0.733 e. The molecule has 1 amide bonds. The summed E-state index contributed by atoms with van der Waals surface area (Å²) < 4.78 is 4.57. The van der Waals surface area contributed by atoms with Crippen LogP contribution in [-0.2, 0) is 19.1 Å². The molecular formula is C13H13N2O10-. The highest BCUT2D eigenvalue weighted by atomic mass is 16.8. The SMILES string of the molecule is O=C(O)C[C@H](NC(=O)OC(C(=O)O)c1ccccc1N([O-])O)C(=O)O. The summed E-state index contributed by atoms with van der Waals surface area (Å²) in [6.45, 7) is 0. The van der Waals surface area contributed by atoms with E-state index in [0.717, 1.165) is 12.1 Å². The first-order valence-electron chi connectivity index (χ1n) is 6.53. The number of carbonyl (C=O) groups is 4. The molecule has 0 fully saturated rings. The molecule has 2 atom stereocenters. The van der Waals surface area contributed by atoms with Crippen LogP contribution in [0.5, 0.6) is 0 Å². The minimum Gasteiger partial charge on any atom is -0.733 e. The Morgan fingerprint density at radius 2 is 1.72 bits per heavy atom. The van der Waals surface area contributed by atoms with Gasteiger partial charge in [-0.2, -0.15) is 0 Å². The van der Waals surface area contributed by atoms with Crippen LogP contribution in [0.15, 0.2) is 24.3 Å². The molecule has 0 aromatic heterocycles. The lowest BCUT2D eigenvalue weighted by Gasteiger charge is -2.26. The number of aliphatic carboxylic acids is 3. The number of alkyl carbamates (subject to hydrolysis) is 1. The summed E-state index contributed by atoms with van der Waals surface area (Å²) in [5.41, 5.74) is -0.893. The molecule has 0 spiro atoms. The Bertz CT molecular complexity index is 675. The van der Waals surface area contributed by atoms with Gasteiger partial charge in [0.25, 0.3) is 0 Å². The quantitative estimate of drug-likeness (QED) is 0.397. The number of hydrogen-bond donors (Lipinski definition) is 5. The van der Waals surface area contributed by atoms with Gasteiger partial charge in [0.2, 0.25) is 6.10 Å². The van der Waals surface area contributed by atoms with Gasteiger partial charge in [-0.25, -0.2) is 14.4 Å². The maximum Gasteiger partial charge on any atom is 0.409 e. The Labute approximate surface area is 139 Å². The molecule has 0 saturated carbocycles. The molecule has 12 heteroatoms. The first-order chi connectivity index (χ1) is 11.6. The molecule has 25 heavy (non-hydrogen) atoms. The number of hydrogen-bond acceptors (Lipinski definition) is 8. The average molecular weight is 357 g/mol. The van der Waals surface area contributed by atoms with Gasteiger partial charge in [-0.15, -0.1) is 0 Å². The zero-order chi connectivity index (χ0) is 19.1. The fourth-order valence-electron chi connectivity index (χ4n) is 1.79. The van der Waals surface area contributed by atoms with E-state index >= 15 is 0 Å². The lowest BCUT2D eigenvalue weighted by molar-refractivity contribution is -0.148. The predicted molar refractivity (Wildman–Crippen MR) is 77.7 cm³/mol. The maximum absolute atomic E-state index is 11.7. The van der Waals surface area contributed by atoms with Crippen LogP contribution in [0.3, 0.4) is 0 Å². The minimum absolute atomic E-state index is 0.382. The van der Waals surface area contributed by atoms with Crippen LogP contribution in [0, 0.1) is 5.21 Å². The number of rotatable bonds is 8. The third-order valence-corrected chi connectivity index (χ3v) is 2.84. The Kier molecular flexibility index (Phi) is 6.66. The molecular weight excluding hydrogens is 344 g/mol. The molecule has 0 bridgehead atoms. The van der Waals surface area contributed by atoms with Crippen molar-refractivity contribution in [3.63, 3.8) is 0 Å². The molecule has 1 unspecified atom stereocenters. The van der Waals surface area contributed by atoms with Crippen molar-refractivity contribution in [2.24, 2.45) is 0 Å². The summed E-state index contributed by atoms with van der Waals surface area (Å²) in [5, 5.41) is 47.6. The van der Waals surface area contributed by atoms with Crippen LogP contribution in [-0.4, -0.2) is 50.6 Å². The molecule has 0 aliphatic rings. The fourth-order valence-corrected chi connectivity index (χ4v) is 1.79. The number of amides is 1. The van der Waals surface area contributed by atoms with Crippen molar-refractivity contribution in [1.82, 2.24) is 5.32 Å². The van der Waals surface area contributed by atoms with Crippen LogP contribution in [0.2, 0.25) is 0 Å². The highest BCUT2D eigenvalue weighted by Crippen LogP contribution is 2.28. The summed E-state index contributed by atoms with van der Waals surface area (Å²) in [6.07, 6.45) is -4.56. The van der Waals surface area contributed by atoms with Crippen molar-refractivity contribution in [3.05, 3.63) is 35.0 Å². The molecule has 1 aromatic carbocycles. The van der Waals surface area contributed by atoms with Gasteiger partial charge in [0.05, 0.1) is 12.1 Å². The molecule has 0 aliphatic heterocycles.